The Bertz CT molecular complexity index is 599. The summed E-state index contributed by atoms with van der Waals surface area (Å²) in [5.41, 5.74) is 0.563. The number of ether oxygens (including phenoxy) is 1. The molecular weight excluding hydrogens is 286 g/mol. The van der Waals surface area contributed by atoms with Gasteiger partial charge in [0, 0.05) is 16.8 Å². The summed E-state index contributed by atoms with van der Waals surface area (Å²) in [7, 11) is 1.37. The molecule has 0 spiro atoms. The molecule has 0 saturated carbocycles. The lowest BCUT2D eigenvalue weighted by Gasteiger charge is -2.23. The third kappa shape index (κ3) is 3.74. The van der Waals surface area contributed by atoms with Gasteiger partial charge in [-0.1, -0.05) is 19.9 Å². The van der Waals surface area contributed by atoms with Gasteiger partial charge in [0.05, 0.1) is 13.7 Å². The van der Waals surface area contributed by atoms with Crippen LogP contribution in [0.3, 0.4) is 0 Å². The van der Waals surface area contributed by atoms with Gasteiger partial charge in [-0.05, 0) is 24.4 Å². The van der Waals surface area contributed by atoms with Crippen molar-refractivity contribution in [2.45, 2.75) is 32.7 Å². The number of nitrogens with one attached hydrogen (secondary N) is 1. The molecule has 2 heterocycles. The van der Waals surface area contributed by atoms with Crippen LogP contribution in [0.15, 0.2) is 28.0 Å². The molecule has 4 nitrogen and oxygen atoms in total. The molecule has 0 saturated heterocycles. The molecule has 0 radical (unpaired) electrons. The molecule has 0 aliphatic rings. The van der Waals surface area contributed by atoms with E-state index < -0.39 is 0 Å². The fourth-order valence-electron chi connectivity index (χ4n) is 2.19. The largest absolute Gasteiger partial charge is 0.465 e. The molecule has 0 bridgehead atoms. The molecule has 0 aliphatic carbocycles. The number of furan rings is 1. The highest BCUT2D eigenvalue weighted by Gasteiger charge is 2.21. The Labute approximate surface area is 129 Å². The fourth-order valence-corrected chi connectivity index (χ4v) is 3.04. The third-order valence-corrected chi connectivity index (χ3v) is 4.66. The zero-order valence-corrected chi connectivity index (χ0v) is 13.7. The van der Waals surface area contributed by atoms with E-state index in [2.05, 4.69) is 36.7 Å². The summed E-state index contributed by atoms with van der Waals surface area (Å²) in [6.45, 7) is 7.61. The molecule has 5 heteroatoms. The summed E-state index contributed by atoms with van der Waals surface area (Å²) in [6.07, 6.45) is 0. The molecule has 0 aliphatic heterocycles. The average molecular weight is 307 g/mol. The van der Waals surface area contributed by atoms with Gasteiger partial charge in [0.1, 0.15) is 17.1 Å². The second-order valence-corrected chi connectivity index (χ2v) is 6.59. The van der Waals surface area contributed by atoms with Gasteiger partial charge in [-0.15, -0.1) is 11.3 Å². The van der Waals surface area contributed by atoms with E-state index in [4.69, 9.17) is 9.15 Å². The highest BCUT2D eigenvalue weighted by Crippen LogP contribution is 2.26. The summed E-state index contributed by atoms with van der Waals surface area (Å²) in [6, 6.07) is 5.96. The van der Waals surface area contributed by atoms with Gasteiger partial charge < -0.3 is 14.5 Å². The monoisotopic (exact) mass is 307 g/mol. The minimum absolute atomic E-state index is 0.0704. The van der Waals surface area contributed by atoms with Crippen molar-refractivity contribution in [1.29, 1.82) is 0 Å². The van der Waals surface area contributed by atoms with Gasteiger partial charge in [-0.2, -0.15) is 0 Å². The predicted octanol–water partition coefficient (Wildman–Crippen LogP) is 3.50. The number of methoxy groups -OCH3 is 1. The molecule has 0 unspecified atom stereocenters. The summed E-state index contributed by atoms with van der Waals surface area (Å²) in [5, 5.41) is 5.48. The molecule has 2 aromatic heterocycles. The van der Waals surface area contributed by atoms with Crippen LogP contribution >= 0.6 is 11.3 Å². The Kier molecular flexibility index (Phi) is 4.85. The lowest BCUT2D eigenvalue weighted by molar-refractivity contribution is 0.0599. The lowest BCUT2D eigenvalue weighted by Crippen LogP contribution is -2.31. The van der Waals surface area contributed by atoms with Crippen molar-refractivity contribution in [3.8, 4) is 0 Å². The molecule has 0 fully saturated rings. The first-order valence-electron chi connectivity index (χ1n) is 6.86. The summed E-state index contributed by atoms with van der Waals surface area (Å²) >= 11 is 1.76. The van der Waals surface area contributed by atoms with Gasteiger partial charge in [0.25, 0.3) is 0 Å². The molecule has 114 valence electrons. The van der Waals surface area contributed by atoms with Gasteiger partial charge >= 0.3 is 5.97 Å². The van der Waals surface area contributed by atoms with Crippen LogP contribution in [-0.4, -0.2) is 19.6 Å². The van der Waals surface area contributed by atoms with Gasteiger partial charge in [-0.25, -0.2) is 4.79 Å². The zero-order valence-electron chi connectivity index (χ0n) is 12.9. The fraction of sp³-hybridized carbons (Fsp3) is 0.438. The number of aryl methyl sites for hydroxylation is 1. The Hall–Kier alpha value is -1.59. The topological polar surface area (TPSA) is 51.5 Å². The zero-order chi connectivity index (χ0) is 15.5. The Morgan fingerprint density at radius 1 is 1.48 bits per heavy atom. The lowest BCUT2D eigenvalue weighted by atomic mass is 9.91. The number of carbonyl (C=O) groups excluding carboxylic acids is 1. The van der Waals surface area contributed by atoms with Crippen LogP contribution in [0.5, 0.6) is 0 Å². The summed E-state index contributed by atoms with van der Waals surface area (Å²) in [5.74, 6) is 0.979. The van der Waals surface area contributed by atoms with Crippen molar-refractivity contribution in [2.75, 3.05) is 13.7 Å². The van der Waals surface area contributed by atoms with E-state index in [1.165, 1.54) is 12.0 Å². The van der Waals surface area contributed by atoms with Crippen molar-refractivity contribution < 1.29 is 13.9 Å². The minimum Gasteiger partial charge on any atom is -0.465 e. The molecule has 1 N–H and O–H groups in total. The smallest absolute Gasteiger partial charge is 0.341 e. The number of rotatable bonds is 6. The van der Waals surface area contributed by atoms with E-state index in [0.29, 0.717) is 17.9 Å². The number of thiophene rings is 1. The van der Waals surface area contributed by atoms with Crippen LogP contribution in [-0.2, 0) is 16.7 Å². The number of hydrogen-bond acceptors (Lipinski definition) is 5. The third-order valence-electron chi connectivity index (χ3n) is 3.43. The van der Waals surface area contributed by atoms with Crippen LogP contribution in [0.2, 0.25) is 0 Å². The van der Waals surface area contributed by atoms with E-state index in [9.17, 15) is 4.79 Å². The van der Waals surface area contributed by atoms with E-state index in [1.54, 1.807) is 24.3 Å². The molecule has 21 heavy (non-hydrogen) atoms. The SMILES string of the molecule is COC(=O)c1cc(CNCC(C)(C)c2cccs2)oc1C. The van der Waals surface area contributed by atoms with Crippen LogP contribution < -0.4 is 5.32 Å². The van der Waals surface area contributed by atoms with E-state index in [0.717, 1.165) is 12.3 Å². The van der Waals surface area contributed by atoms with Crippen molar-refractivity contribution in [3.05, 3.63) is 45.5 Å². The maximum absolute atomic E-state index is 11.5. The predicted molar refractivity (Wildman–Crippen MR) is 83.8 cm³/mol. The van der Waals surface area contributed by atoms with E-state index in [1.807, 2.05) is 0 Å². The first-order chi connectivity index (χ1) is 9.94. The van der Waals surface area contributed by atoms with E-state index in [-0.39, 0.29) is 11.4 Å². The standard InChI is InChI=1S/C16H21NO3S/c1-11-13(15(18)19-4)8-12(20-11)9-17-10-16(2,3)14-6-5-7-21-14/h5-8,17H,9-10H2,1-4H3. The Morgan fingerprint density at radius 2 is 2.24 bits per heavy atom. The Balaban J connectivity index is 1.93. The van der Waals surface area contributed by atoms with Gasteiger partial charge in [-0.3, -0.25) is 0 Å². The van der Waals surface area contributed by atoms with Crippen LogP contribution in [0.1, 0.15) is 40.6 Å². The molecule has 2 aromatic rings. The second-order valence-electron chi connectivity index (χ2n) is 5.64. The molecule has 2 rings (SSSR count). The maximum atomic E-state index is 11.5. The maximum Gasteiger partial charge on any atom is 0.341 e. The molecule has 0 atom stereocenters. The molecular formula is C16H21NO3S. The average Bonchev–Trinajstić information content (AvgIpc) is 3.07. The first-order valence-corrected chi connectivity index (χ1v) is 7.74. The normalized spacial score (nSPS) is 11.6. The highest BCUT2D eigenvalue weighted by atomic mass is 32.1. The van der Waals surface area contributed by atoms with Crippen LogP contribution in [0, 0.1) is 6.92 Å². The summed E-state index contributed by atoms with van der Waals surface area (Å²) in [4.78, 5) is 12.9. The number of carbonyl (C=O) groups is 1. The second kappa shape index (κ2) is 6.45. The first kappa shape index (κ1) is 15.8. The van der Waals surface area contributed by atoms with Crippen LogP contribution in [0.25, 0.3) is 0 Å². The molecule has 0 amide bonds. The van der Waals surface area contributed by atoms with Crippen molar-refractivity contribution in [1.82, 2.24) is 5.32 Å². The number of esters is 1. The van der Waals surface area contributed by atoms with Gasteiger partial charge in [0.15, 0.2) is 0 Å². The Morgan fingerprint density at radius 3 is 2.86 bits per heavy atom. The van der Waals surface area contributed by atoms with Crippen LogP contribution in [0.4, 0.5) is 0 Å². The van der Waals surface area contributed by atoms with Gasteiger partial charge in [0.2, 0.25) is 0 Å². The number of hydrogen-bond donors (Lipinski definition) is 1. The van der Waals surface area contributed by atoms with Crippen molar-refractivity contribution >= 4 is 17.3 Å². The quantitative estimate of drug-likeness (QED) is 0.830. The molecule has 0 aromatic carbocycles. The summed E-state index contributed by atoms with van der Waals surface area (Å²) < 4.78 is 10.3. The van der Waals surface area contributed by atoms with Crippen molar-refractivity contribution in [2.24, 2.45) is 0 Å². The van der Waals surface area contributed by atoms with E-state index >= 15 is 0 Å². The van der Waals surface area contributed by atoms with Crippen molar-refractivity contribution in [3.63, 3.8) is 0 Å². The highest BCUT2D eigenvalue weighted by molar-refractivity contribution is 7.10. The minimum atomic E-state index is -0.360.